The molecule has 0 N–H and O–H groups in total. The lowest BCUT2D eigenvalue weighted by atomic mass is 9.96. The van der Waals surface area contributed by atoms with E-state index in [2.05, 4.69) is 17.3 Å². The minimum atomic E-state index is -0.566. The lowest BCUT2D eigenvalue weighted by Gasteiger charge is -2.30. The van der Waals surface area contributed by atoms with E-state index in [1.165, 1.54) is 5.56 Å². The molecule has 5 rings (SSSR count). The number of piperidine rings is 1. The van der Waals surface area contributed by atoms with Crippen LogP contribution in [0.25, 0.3) is 0 Å². The molecule has 2 amide bonds. The number of amides is 2. The van der Waals surface area contributed by atoms with Crippen molar-refractivity contribution in [2.45, 2.75) is 81.8 Å². The third-order valence-corrected chi connectivity index (χ3v) is 7.26. The first-order valence-electron chi connectivity index (χ1n) is 12.3. The minimum absolute atomic E-state index is 0.0337. The Balaban J connectivity index is 1.34. The minimum Gasteiger partial charge on any atom is -0.444 e. The molecule has 2 saturated carbocycles. The molecule has 3 atom stereocenters. The Morgan fingerprint density at radius 2 is 2.00 bits per heavy atom. The van der Waals surface area contributed by atoms with Crippen LogP contribution in [-0.2, 0) is 14.9 Å². The second-order valence-corrected chi connectivity index (χ2v) is 11.2. The van der Waals surface area contributed by atoms with Crippen molar-refractivity contribution in [1.82, 2.24) is 19.9 Å². The van der Waals surface area contributed by atoms with Gasteiger partial charge in [0.15, 0.2) is 5.82 Å². The molecular formula is C26H34N4O4. The van der Waals surface area contributed by atoms with Gasteiger partial charge in [-0.05, 0) is 52.0 Å². The number of rotatable bonds is 6. The Hall–Kier alpha value is -2.90. The Kier molecular flexibility index (Phi) is 5.65. The van der Waals surface area contributed by atoms with Gasteiger partial charge in [0.2, 0.25) is 11.8 Å². The fourth-order valence-electron chi connectivity index (χ4n) is 4.92. The Labute approximate surface area is 200 Å². The Morgan fingerprint density at radius 3 is 2.65 bits per heavy atom. The van der Waals surface area contributed by atoms with Crippen molar-refractivity contribution in [3.8, 4) is 0 Å². The van der Waals surface area contributed by atoms with Gasteiger partial charge >= 0.3 is 6.09 Å². The Morgan fingerprint density at radius 1 is 1.26 bits per heavy atom. The fraction of sp³-hybridized carbons (Fsp3) is 0.615. The van der Waals surface area contributed by atoms with Crippen molar-refractivity contribution < 1.29 is 18.8 Å². The summed E-state index contributed by atoms with van der Waals surface area (Å²) in [4.78, 5) is 33.8. The van der Waals surface area contributed by atoms with Crippen molar-refractivity contribution in [2.24, 2.45) is 0 Å². The third-order valence-electron chi connectivity index (χ3n) is 7.26. The van der Waals surface area contributed by atoms with Crippen LogP contribution in [0.5, 0.6) is 0 Å². The molecule has 3 unspecified atom stereocenters. The maximum absolute atomic E-state index is 13.3. The van der Waals surface area contributed by atoms with Crippen LogP contribution in [0.2, 0.25) is 0 Å². The number of likely N-dealkylation sites (tertiary alicyclic amines) is 1. The van der Waals surface area contributed by atoms with Crippen LogP contribution in [0.15, 0.2) is 34.9 Å². The average molecular weight is 467 g/mol. The van der Waals surface area contributed by atoms with Gasteiger partial charge in [0.1, 0.15) is 5.60 Å². The molecule has 34 heavy (non-hydrogen) atoms. The van der Waals surface area contributed by atoms with Crippen molar-refractivity contribution >= 4 is 12.0 Å². The van der Waals surface area contributed by atoms with Gasteiger partial charge in [0, 0.05) is 44.4 Å². The first-order valence-corrected chi connectivity index (χ1v) is 12.3. The van der Waals surface area contributed by atoms with Gasteiger partial charge in [-0.3, -0.25) is 4.79 Å². The molecule has 0 bridgehead atoms. The third kappa shape index (κ3) is 4.68. The van der Waals surface area contributed by atoms with Gasteiger partial charge in [-0.25, -0.2) is 4.79 Å². The first-order chi connectivity index (χ1) is 16.2. The first kappa shape index (κ1) is 22.9. The number of nitrogens with zero attached hydrogens (tertiary/aromatic N) is 4. The number of ether oxygens (including phenoxy) is 1. The van der Waals surface area contributed by atoms with E-state index in [0.717, 1.165) is 25.7 Å². The standard InChI is InChI=1S/C26H34N4O4/c1-25(2,3)33-24(32)30(20-15-19(20)17-8-6-5-7-9-17)16-26(11-12-26)23-27-22(34-28-23)18-10-13-29(4)21(31)14-18/h5-9,18-20H,10-16H2,1-4H3. The smallest absolute Gasteiger partial charge is 0.410 e. The molecule has 1 saturated heterocycles. The van der Waals surface area contributed by atoms with Crippen LogP contribution >= 0.6 is 0 Å². The summed E-state index contributed by atoms with van der Waals surface area (Å²) in [5, 5.41) is 4.32. The van der Waals surface area contributed by atoms with Crippen LogP contribution < -0.4 is 0 Å². The molecule has 0 spiro atoms. The summed E-state index contributed by atoms with van der Waals surface area (Å²) in [6.07, 6.45) is 3.67. The molecule has 3 fully saturated rings. The summed E-state index contributed by atoms with van der Waals surface area (Å²) in [6.45, 7) is 6.90. The van der Waals surface area contributed by atoms with E-state index in [4.69, 9.17) is 14.2 Å². The number of hydrogen-bond acceptors (Lipinski definition) is 6. The van der Waals surface area contributed by atoms with Crippen LogP contribution in [0.1, 0.15) is 82.0 Å². The van der Waals surface area contributed by atoms with Crippen LogP contribution in [-0.4, -0.2) is 63.7 Å². The van der Waals surface area contributed by atoms with E-state index in [-0.39, 0.29) is 29.4 Å². The average Bonchev–Trinajstić information content (AvgIpc) is 3.70. The maximum Gasteiger partial charge on any atom is 0.410 e. The van der Waals surface area contributed by atoms with Gasteiger partial charge in [-0.1, -0.05) is 35.5 Å². The molecule has 182 valence electrons. The number of carbonyl (C=O) groups excluding carboxylic acids is 2. The molecule has 1 aromatic carbocycles. The highest BCUT2D eigenvalue weighted by Crippen LogP contribution is 2.52. The summed E-state index contributed by atoms with van der Waals surface area (Å²) in [6, 6.07) is 10.4. The molecule has 2 aliphatic carbocycles. The predicted molar refractivity (Wildman–Crippen MR) is 125 cm³/mol. The molecule has 2 aromatic rings. The molecule has 8 heteroatoms. The number of benzene rings is 1. The van der Waals surface area contributed by atoms with Gasteiger partial charge in [0.05, 0.1) is 5.41 Å². The van der Waals surface area contributed by atoms with E-state index >= 15 is 0 Å². The zero-order valence-corrected chi connectivity index (χ0v) is 20.5. The molecule has 0 radical (unpaired) electrons. The zero-order valence-electron chi connectivity index (χ0n) is 20.5. The molecule has 1 aliphatic heterocycles. The second kappa shape index (κ2) is 8.40. The van der Waals surface area contributed by atoms with E-state index in [0.29, 0.717) is 37.1 Å². The molecular weight excluding hydrogens is 432 g/mol. The van der Waals surface area contributed by atoms with E-state index in [1.54, 1.807) is 4.90 Å². The molecule has 1 aromatic heterocycles. The summed E-state index contributed by atoms with van der Waals surface area (Å²) in [5.41, 5.74) is 0.376. The highest BCUT2D eigenvalue weighted by molar-refractivity contribution is 5.77. The zero-order chi connectivity index (χ0) is 24.1. The molecule has 8 nitrogen and oxygen atoms in total. The summed E-state index contributed by atoms with van der Waals surface area (Å²) < 4.78 is 11.4. The monoisotopic (exact) mass is 466 g/mol. The fourth-order valence-corrected chi connectivity index (χ4v) is 4.92. The predicted octanol–water partition coefficient (Wildman–Crippen LogP) is 4.23. The van der Waals surface area contributed by atoms with Crippen molar-refractivity contribution in [3.63, 3.8) is 0 Å². The topological polar surface area (TPSA) is 88.8 Å². The highest BCUT2D eigenvalue weighted by atomic mass is 16.6. The lowest BCUT2D eigenvalue weighted by Crippen LogP contribution is -2.43. The number of aromatic nitrogens is 2. The summed E-state index contributed by atoms with van der Waals surface area (Å²) in [7, 11) is 1.82. The summed E-state index contributed by atoms with van der Waals surface area (Å²) >= 11 is 0. The number of carbonyl (C=O) groups is 2. The van der Waals surface area contributed by atoms with Crippen molar-refractivity contribution in [1.29, 1.82) is 0 Å². The maximum atomic E-state index is 13.3. The Bertz CT molecular complexity index is 1060. The largest absolute Gasteiger partial charge is 0.444 e. The quantitative estimate of drug-likeness (QED) is 0.633. The van der Waals surface area contributed by atoms with Crippen molar-refractivity contribution in [2.75, 3.05) is 20.1 Å². The van der Waals surface area contributed by atoms with Gasteiger partial charge in [-0.15, -0.1) is 0 Å². The van der Waals surface area contributed by atoms with Crippen LogP contribution in [0, 0.1) is 0 Å². The van der Waals surface area contributed by atoms with Gasteiger partial charge in [-0.2, -0.15) is 4.98 Å². The van der Waals surface area contributed by atoms with E-state index in [1.807, 2.05) is 50.9 Å². The SMILES string of the molecule is CN1CCC(c2nc(C3(CN(C(=O)OC(C)(C)C)C4CC4c4ccccc4)CC3)no2)CC1=O. The summed E-state index contributed by atoms with van der Waals surface area (Å²) in [5.74, 6) is 1.58. The normalized spacial score (nSPS) is 25.7. The second-order valence-electron chi connectivity index (χ2n) is 11.2. The van der Waals surface area contributed by atoms with E-state index < -0.39 is 5.60 Å². The lowest BCUT2D eigenvalue weighted by molar-refractivity contribution is -0.132. The number of hydrogen-bond donors (Lipinski definition) is 0. The highest BCUT2D eigenvalue weighted by Gasteiger charge is 2.55. The van der Waals surface area contributed by atoms with Gasteiger partial charge < -0.3 is 19.1 Å². The van der Waals surface area contributed by atoms with Gasteiger partial charge in [0.25, 0.3) is 0 Å². The molecule has 2 heterocycles. The van der Waals surface area contributed by atoms with Crippen LogP contribution in [0.3, 0.4) is 0 Å². The van der Waals surface area contributed by atoms with Crippen LogP contribution in [0.4, 0.5) is 4.79 Å². The van der Waals surface area contributed by atoms with Crippen molar-refractivity contribution in [3.05, 3.63) is 47.6 Å². The molecule has 3 aliphatic rings. The van der Waals surface area contributed by atoms with E-state index in [9.17, 15) is 9.59 Å².